The first-order chi connectivity index (χ1) is 12.2. The summed E-state index contributed by atoms with van der Waals surface area (Å²) in [5.41, 5.74) is 0.567. The number of nitrogens with one attached hydrogen (secondary N) is 1. The van der Waals surface area contributed by atoms with Crippen LogP contribution in [0.3, 0.4) is 0 Å². The minimum atomic E-state index is -3.29. The molecule has 1 atom stereocenters. The molecule has 3 amide bonds. The lowest BCUT2D eigenvalue weighted by Gasteiger charge is -2.14. The van der Waals surface area contributed by atoms with Gasteiger partial charge in [0.15, 0.2) is 21.4 Å². The number of benzene rings is 1. The van der Waals surface area contributed by atoms with Crippen LogP contribution in [0.2, 0.25) is 0 Å². The van der Waals surface area contributed by atoms with E-state index in [2.05, 4.69) is 5.32 Å². The number of rotatable bonds is 9. The molecule has 0 aromatic heterocycles. The number of unbranched alkanes of at least 4 members (excludes halogenated alkanes) is 2. The Bertz CT molecular complexity index is 781. The minimum absolute atomic E-state index is 0.0235. The van der Waals surface area contributed by atoms with Crippen molar-refractivity contribution in [2.75, 3.05) is 24.6 Å². The molecule has 7 nitrogen and oxygen atoms in total. The Morgan fingerprint density at radius 1 is 1.27 bits per heavy atom. The van der Waals surface area contributed by atoms with Gasteiger partial charge in [-0.15, -0.1) is 0 Å². The van der Waals surface area contributed by atoms with Gasteiger partial charge >= 0.3 is 6.03 Å². The maximum atomic E-state index is 13.1. The normalized spacial score (nSPS) is 16.0. The number of urea groups is 1. The van der Waals surface area contributed by atoms with Gasteiger partial charge in [-0.3, -0.25) is 10.1 Å². The quantitative estimate of drug-likeness (QED) is 0.497. The predicted octanol–water partition coefficient (Wildman–Crippen LogP) is 1.77. The summed E-state index contributed by atoms with van der Waals surface area (Å²) in [5.74, 6) is -1.96. The number of imide groups is 1. The predicted molar refractivity (Wildman–Crippen MR) is 94.1 cm³/mol. The van der Waals surface area contributed by atoms with E-state index in [1.807, 2.05) is 0 Å². The van der Waals surface area contributed by atoms with E-state index in [0.29, 0.717) is 31.4 Å². The van der Waals surface area contributed by atoms with Gasteiger partial charge in [0.25, 0.3) is 0 Å². The first-order valence-corrected chi connectivity index (χ1v) is 10.3. The van der Waals surface area contributed by atoms with E-state index in [9.17, 15) is 27.5 Å². The molecule has 9 heteroatoms. The smallest absolute Gasteiger partial charge is 0.324 e. The number of hydrogen-bond donors (Lipinski definition) is 2. The van der Waals surface area contributed by atoms with E-state index >= 15 is 0 Å². The van der Waals surface area contributed by atoms with Crippen LogP contribution in [-0.4, -0.2) is 55.0 Å². The van der Waals surface area contributed by atoms with Gasteiger partial charge in [0.05, 0.1) is 11.5 Å². The van der Waals surface area contributed by atoms with Crippen LogP contribution in [0.25, 0.3) is 0 Å². The summed E-state index contributed by atoms with van der Waals surface area (Å²) in [6.45, 7) is 2.19. The fraction of sp³-hybridized carbons (Fsp3) is 0.529. The lowest BCUT2D eigenvalue weighted by Crippen LogP contribution is -2.29. The summed E-state index contributed by atoms with van der Waals surface area (Å²) >= 11 is 0. The van der Waals surface area contributed by atoms with Crippen LogP contribution in [-0.2, 0) is 14.6 Å². The van der Waals surface area contributed by atoms with Gasteiger partial charge in [-0.2, -0.15) is 0 Å². The van der Waals surface area contributed by atoms with E-state index in [4.69, 9.17) is 0 Å². The van der Waals surface area contributed by atoms with Crippen molar-refractivity contribution in [3.05, 3.63) is 29.6 Å². The topological polar surface area (TPSA) is 104 Å². The second-order valence-electron chi connectivity index (χ2n) is 6.56. The molecular formula is C17H23FN2O5S. The highest BCUT2D eigenvalue weighted by molar-refractivity contribution is 7.91. The lowest BCUT2D eigenvalue weighted by molar-refractivity contribution is -0.118. The minimum Gasteiger partial charge on any atom is -0.505 e. The molecule has 1 heterocycles. The molecule has 2 N–H and O–H groups in total. The maximum absolute atomic E-state index is 13.1. The Morgan fingerprint density at radius 3 is 2.62 bits per heavy atom. The van der Waals surface area contributed by atoms with Gasteiger partial charge in [-0.25, -0.2) is 17.6 Å². The molecule has 1 aromatic carbocycles. The third kappa shape index (κ3) is 5.69. The van der Waals surface area contributed by atoms with Crippen molar-refractivity contribution in [3.63, 3.8) is 0 Å². The number of phenolic OH excluding ortho intramolecular Hbond substituents is 1. The molecule has 0 unspecified atom stereocenters. The average Bonchev–Trinajstić information content (AvgIpc) is 2.86. The number of halogens is 1. The molecule has 1 aliphatic heterocycles. The van der Waals surface area contributed by atoms with E-state index in [0.717, 1.165) is 6.07 Å². The highest BCUT2D eigenvalue weighted by atomic mass is 32.2. The standard InChI is InChI=1S/C17H23FN2O5S/c1-12(13-5-6-14(18)15(21)9-13)11-26(24,25)8-4-2-3-7-20-10-16(22)19-17(20)23/h5-6,9,12,21H,2-4,7-8,10-11H2,1H3,(H,19,22,23)/t12-/m1/s1. The molecule has 0 aliphatic carbocycles. The summed E-state index contributed by atoms with van der Waals surface area (Å²) in [4.78, 5) is 23.8. The number of sulfone groups is 1. The molecule has 0 bridgehead atoms. The molecule has 1 aromatic rings. The second kappa shape index (κ2) is 8.48. The number of carbonyl (C=O) groups is 2. The lowest BCUT2D eigenvalue weighted by atomic mass is 10.0. The van der Waals surface area contributed by atoms with Crippen LogP contribution in [0.15, 0.2) is 18.2 Å². The molecular weight excluding hydrogens is 363 g/mol. The molecule has 0 radical (unpaired) electrons. The first kappa shape index (κ1) is 20.2. The highest BCUT2D eigenvalue weighted by Crippen LogP contribution is 2.24. The Balaban J connectivity index is 1.73. The van der Waals surface area contributed by atoms with Crippen molar-refractivity contribution in [1.82, 2.24) is 10.2 Å². The first-order valence-electron chi connectivity index (χ1n) is 8.45. The van der Waals surface area contributed by atoms with E-state index in [-0.39, 0.29) is 29.9 Å². The molecule has 1 aliphatic rings. The Kier molecular flexibility index (Phi) is 6.57. The van der Waals surface area contributed by atoms with Gasteiger partial charge in [0.2, 0.25) is 5.91 Å². The highest BCUT2D eigenvalue weighted by Gasteiger charge is 2.25. The largest absolute Gasteiger partial charge is 0.505 e. The molecule has 1 saturated heterocycles. The summed E-state index contributed by atoms with van der Waals surface area (Å²) in [6, 6.07) is 3.43. The molecule has 0 saturated carbocycles. The molecule has 26 heavy (non-hydrogen) atoms. The average molecular weight is 386 g/mol. The fourth-order valence-electron chi connectivity index (χ4n) is 2.86. The second-order valence-corrected chi connectivity index (χ2v) is 8.79. The van der Waals surface area contributed by atoms with Crippen molar-refractivity contribution >= 4 is 21.8 Å². The SMILES string of the molecule is C[C@H](CS(=O)(=O)CCCCCN1CC(=O)NC1=O)c1ccc(F)c(O)c1. The zero-order chi connectivity index (χ0) is 19.3. The summed E-state index contributed by atoms with van der Waals surface area (Å²) in [6.07, 6.45) is 1.72. The van der Waals surface area contributed by atoms with Gasteiger partial charge in [0.1, 0.15) is 6.54 Å². The van der Waals surface area contributed by atoms with Crippen molar-refractivity contribution in [2.45, 2.75) is 32.1 Å². The van der Waals surface area contributed by atoms with E-state index in [1.54, 1.807) is 6.92 Å². The van der Waals surface area contributed by atoms with Crippen molar-refractivity contribution in [1.29, 1.82) is 0 Å². The van der Waals surface area contributed by atoms with E-state index < -0.39 is 27.4 Å². The number of carbonyl (C=O) groups excluding carboxylic acids is 2. The zero-order valence-electron chi connectivity index (χ0n) is 14.6. The van der Waals surface area contributed by atoms with Crippen molar-refractivity contribution in [2.24, 2.45) is 0 Å². The van der Waals surface area contributed by atoms with Crippen LogP contribution >= 0.6 is 0 Å². The van der Waals surface area contributed by atoms with Crippen LogP contribution in [0.4, 0.5) is 9.18 Å². The van der Waals surface area contributed by atoms with Crippen LogP contribution in [0.5, 0.6) is 5.75 Å². The third-order valence-corrected chi connectivity index (χ3v) is 6.21. The zero-order valence-corrected chi connectivity index (χ0v) is 15.4. The van der Waals surface area contributed by atoms with Crippen LogP contribution in [0.1, 0.15) is 37.7 Å². The number of aromatic hydroxyl groups is 1. The summed E-state index contributed by atoms with van der Waals surface area (Å²) < 4.78 is 37.5. The van der Waals surface area contributed by atoms with Crippen molar-refractivity contribution in [3.8, 4) is 5.75 Å². The molecule has 2 rings (SSSR count). The fourth-order valence-corrected chi connectivity index (χ4v) is 4.63. The number of nitrogens with zero attached hydrogens (tertiary/aromatic N) is 1. The van der Waals surface area contributed by atoms with Gasteiger partial charge in [0, 0.05) is 6.54 Å². The van der Waals surface area contributed by atoms with Crippen molar-refractivity contribution < 1.29 is 27.5 Å². The van der Waals surface area contributed by atoms with Gasteiger partial charge < -0.3 is 10.0 Å². The number of amides is 3. The third-order valence-electron chi connectivity index (χ3n) is 4.29. The monoisotopic (exact) mass is 386 g/mol. The Labute approximate surface area is 152 Å². The number of hydrogen-bond acceptors (Lipinski definition) is 5. The Morgan fingerprint density at radius 2 is 2.00 bits per heavy atom. The molecule has 1 fully saturated rings. The van der Waals surface area contributed by atoms with E-state index in [1.165, 1.54) is 17.0 Å². The summed E-state index contributed by atoms with van der Waals surface area (Å²) in [7, 11) is -3.29. The van der Waals surface area contributed by atoms with Crippen LogP contribution < -0.4 is 5.32 Å². The van der Waals surface area contributed by atoms with Gasteiger partial charge in [-0.1, -0.05) is 19.4 Å². The Hall–Kier alpha value is -2.16. The summed E-state index contributed by atoms with van der Waals surface area (Å²) in [5, 5.41) is 11.6. The van der Waals surface area contributed by atoms with Gasteiger partial charge in [-0.05, 0) is 36.5 Å². The molecule has 0 spiro atoms. The number of phenols is 1. The maximum Gasteiger partial charge on any atom is 0.324 e. The van der Waals surface area contributed by atoms with Crippen LogP contribution in [0, 0.1) is 5.82 Å². The molecule has 144 valence electrons.